The average Bonchev–Trinajstić information content (AvgIpc) is 3.20. The predicted octanol–water partition coefficient (Wildman–Crippen LogP) is 2.35. The summed E-state index contributed by atoms with van der Waals surface area (Å²) in [4.78, 5) is 18.2. The molecule has 2 heterocycles. The van der Waals surface area contributed by atoms with E-state index in [1.807, 2.05) is 42.4 Å². The maximum absolute atomic E-state index is 11.6. The number of piperidine rings is 1. The van der Waals surface area contributed by atoms with Crippen molar-refractivity contribution in [3.63, 3.8) is 0 Å². The lowest BCUT2D eigenvalue weighted by Crippen LogP contribution is -2.32. The highest BCUT2D eigenvalue weighted by Gasteiger charge is 2.19. The molecule has 9 nitrogen and oxygen atoms in total. The number of nitrogens with one attached hydrogen (secondary N) is 1. The van der Waals surface area contributed by atoms with Crippen LogP contribution in [-0.4, -0.2) is 65.0 Å². The van der Waals surface area contributed by atoms with Crippen LogP contribution in [0.15, 0.2) is 53.8 Å². The highest BCUT2D eigenvalue weighted by atomic mass is 16.5. The second-order valence-electron chi connectivity index (χ2n) is 7.74. The summed E-state index contributed by atoms with van der Waals surface area (Å²) in [5, 5.41) is 7.54. The summed E-state index contributed by atoms with van der Waals surface area (Å²) in [6, 6.07) is 6.91. The van der Waals surface area contributed by atoms with E-state index in [0.29, 0.717) is 29.6 Å². The monoisotopic (exact) mass is 436 g/mol. The summed E-state index contributed by atoms with van der Waals surface area (Å²) in [5.74, 6) is 3.84. The highest BCUT2D eigenvalue weighted by molar-refractivity contribution is 5.65. The molecule has 1 atom stereocenters. The molecule has 1 fully saturated rings. The number of anilines is 2. The van der Waals surface area contributed by atoms with Crippen LogP contribution < -0.4 is 15.8 Å². The summed E-state index contributed by atoms with van der Waals surface area (Å²) in [6.45, 7) is 3.73. The number of carbonyl (C=O) groups excluding carboxylic acids is 1. The third-order valence-electron chi connectivity index (χ3n) is 5.54. The Labute approximate surface area is 187 Å². The Balaban J connectivity index is 1.38. The first-order valence-corrected chi connectivity index (χ1v) is 10.8. The van der Waals surface area contributed by atoms with Gasteiger partial charge in [0.25, 0.3) is 0 Å². The molecule has 168 valence electrons. The molecule has 2 aliphatic rings. The number of hydrogen-bond acceptors (Lipinski definition) is 8. The van der Waals surface area contributed by atoms with Gasteiger partial charge in [0.2, 0.25) is 11.9 Å². The number of rotatable bonds is 8. The number of ether oxygens (including phenoxy) is 2. The molecule has 1 aliphatic carbocycles. The van der Waals surface area contributed by atoms with Crippen molar-refractivity contribution >= 4 is 17.8 Å². The lowest BCUT2D eigenvalue weighted by atomic mass is 10.0. The van der Waals surface area contributed by atoms with Crippen molar-refractivity contribution in [3.05, 3.63) is 53.8 Å². The summed E-state index contributed by atoms with van der Waals surface area (Å²) >= 11 is 0. The van der Waals surface area contributed by atoms with Gasteiger partial charge in [0.1, 0.15) is 24.1 Å². The molecule has 4 rings (SSSR count). The van der Waals surface area contributed by atoms with E-state index < -0.39 is 6.04 Å². The summed E-state index contributed by atoms with van der Waals surface area (Å²) in [5.41, 5.74) is 7.18. The molecule has 1 aromatic heterocycles. The first-order valence-electron chi connectivity index (χ1n) is 10.8. The molecule has 1 unspecified atom stereocenters. The fraction of sp³-hybridized carbons (Fsp3) is 0.391. The van der Waals surface area contributed by atoms with Gasteiger partial charge in [-0.1, -0.05) is 18.6 Å². The molecule has 0 spiro atoms. The van der Waals surface area contributed by atoms with E-state index in [1.165, 1.54) is 23.9 Å². The van der Waals surface area contributed by atoms with Gasteiger partial charge in [0, 0.05) is 12.6 Å². The third kappa shape index (κ3) is 5.19. The Morgan fingerprint density at radius 3 is 2.91 bits per heavy atom. The molecule has 0 bridgehead atoms. The number of nitrogen functional groups attached to an aromatic ring is 1. The second-order valence-corrected chi connectivity index (χ2v) is 7.74. The molecule has 0 saturated carbocycles. The maximum Gasteiger partial charge on any atom is 0.245 e. The molecule has 1 aliphatic heterocycles. The van der Waals surface area contributed by atoms with E-state index in [2.05, 4.69) is 20.3 Å². The Morgan fingerprint density at radius 1 is 1.28 bits per heavy atom. The number of benzene rings is 1. The minimum Gasteiger partial charge on any atom is -0.497 e. The summed E-state index contributed by atoms with van der Waals surface area (Å²) in [7, 11) is 1.60. The number of aromatic nitrogens is 3. The Kier molecular flexibility index (Phi) is 6.89. The van der Waals surface area contributed by atoms with Gasteiger partial charge in [-0.25, -0.2) is 4.79 Å². The van der Waals surface area contributed by atoms with Crippen molar-refractivity contribution in [2.75, 3.05) is 44.4 Å². The molecule has 0 radical (unpaired) electrons. The number of hydrogen-bond donors (Lipinski definition) is 2. The fourth-order valence-corrected chi connectivity index (χ4v) is 3.83. The van der Waals surface area contributed by atoms with Crippen LogP contribution in [0.3, 0.4) is 0 Å². The molecular formula is C23H28N6O3. The number of nitrogens with two attached hydrogens (primary N) is 1. The van der Waals surface area contributed by atoms with E-state index in [0.717, 1.165) is 25.3 Å². The van der Waals surface area contributed by atoms with Crippen LogP contribution in [0.4, 0.5) is 11.9 Å². The van der Waals surface area contributed by atoms with Crippen LogP contribution in [0.5, 0.6) is 5.75 Å². The Morgan fingerprint density at radius 2 is 2.12 bits per heavy atom. The summed E-state index contributed by atoms with van der Waals surface area (Å²) < 4.78 is 12.6. The van der Waals surface area contributed by atoms with E-state index >= 15 is 0 Å². The number of methoxy groups -OCH3 is 1. The number of nitrogens with zero attached hydrogens (tertiary/aromatic N) is 4. The average molecular weight is 437 g/mol. The summed E-state index contributed by atoms with van der Waals surface area (Å²) in [6.07, 6.45) is 9.19. The zero-order chi connectivity index (χ0) is 22.3. The third-order valence-corrected chi connectivity index (χ3v) is 5.54. The normalized spacial score (nSPS) is 18.7. The largest absolute Gasteiger partial charge is 0.497 e. The molecule has 1 aromatic carbocycles. The van der Waals surface area contributed by atoms with Gasteiger partial charge in [-0.2, -0.15) is 9.67 Å². The molecule has 0 amide bonds. The molecule has 2 aromatic rings. The minimum absolute atomic E-state index is 0.217. The van der Waals surface area contributed by atoms with Gasteiger partial charge < -0.3 is 20.5 Å². The quantitative estimate of drug-likeness (QED) is 0.607. The van der Waals surface area contributed by atoms with E-state index in [9.17, 15) is 4.79 Å². The Hall–Kier alpha value is -3.55. The van der Waals surface area contributed by atoms with Gasteiger partial charge >= 0.3 is 0 Å². The predicted molar refractivity (Wildman–Crippen MR) is 122 cm³/mol. The number of likely N-dealkylation sites (tertiary alicyclic amines) is 1. The second kappa shape index (κ2) is 10.2. The zero-order valence-electron chi connectivity index (χ0n) is 18.2. The van der Waals surface area contributed by atoms with Crippen molar-refractivity contribution in [1.82, 2.24) is 19.7 Å². The van der Waals surface area contributed by atoms with Crippen molar-refractivity contribution in [2.24, 2.45) is 0 Å². The molecule has 3 N–H and O–H groups in total. The van der Waals surface area contributed by atoms with Crippen molar-refractivity contribution in [1.29, 1.82) is 0 Å². The molecule has 32 heavy (non-hydrogen) atoms. The molecule has 1 saturated heterocycles. The lowest BCUT2D eigenvalue weighted by molar-refractivity contribution is 0.148. The Bertz CT molecular complexity index is 1050. The van der Waals surface area contributed by atoms with Crippen molar-refractivity contribution in [3.8, 4) is 11.4 Å². The van der Waals surface area contributed by atoms with Crippen LogP contribution in [0.2, 0.25) is 0 Å². The SMILES string of the molecule is COc1cccc(-n2nc(NC3C=CC(OCCN4CCCCC4)=CC3=C=O)nc2N)c1. The van der Waals surface area contributed by atoms with Crippen LogP contribution in [-0.2, 0) is 9.53 Å². The van der Waals surface area contributed by atoms with Gasteiger partial charge in [-0.15, -0.1) is 5.10 Å². The molecule has 9 heteroatoms. The zero-order valence-corrected chi connectivity index (χ0v) is 18.2. The van der Waals surface area contributed by atoms with Crippen molar-refractivity contribution in [2.45, 2.75) is 25.3 Å². The fourth-order valence-electron chi connectivity index (χ4n) is 3.83. The van der Waals surface area contributed by atoms with E-state index in [1.54, 1.807) is 13.2 Å². The van der Waals surface area contributed by atoms with Gasteiger partial charge in [-0.05, 0) is 50.2 Å². The van der Waals surface area contributed by atoms with E-state index in [4.69, 9.17) is 15.2 Å². The molecular weight excluding hydrogens is 408 g/mol. The van der Waals surface area contributed by atoms with Gasteiger partial charge in [0.05, 0.1) is 24.4 Å². The van der Waals surface area contributed by atoms with Crippen molar-refractivity contribution < 1.29 is 14.3 Å². The van der Waals surface area contributed by atoms with Gasteiger partial charge in [-0.3, -0.25) is 4.90 Å². The van der Waals surface area contributed by atoms with Gasteiger partial charge in [0.15, 0.2) is 0 Å². The lowest BCUT2D eigenvalue weighted by Gasteiger charge is -2.26. The minimum atomic E-state index is -0.428. The highest BCUT2D eigenvalue weighted by Crippen LogP contribution is 2.22. The first kappa shape index (κ1) is 21.7. The van der Waals surface area contributed by atoms with Crippen LogP contribution in [0.25, 0.3) is 5.69 Å². The van der Waals surface area contributed by atoms with E-state index in [-0.39, 0.29) is 5.95 Å². The number of allylic oxidation sites excluding steroid dienone is 1. The standard InChI is InChI=1S/C23H28N6O3/c1-31-19-7-5-6-18(15-19)29-22(24)26-23(27-29)25-21-9-8-20(14-17(21)16-30)32-13-12-28-10-3-2-4-11-28/h5-9,14-15,21H,2-4,10-13H2,1H3,(H3,24,25,26,27). The first-order chi connectivity index (χ1) is 15.7. The maximum atomic E-state index is 11.6. The van der Waals surface area contributed by atoms with Crippen LogP contribution in [0, 0.1) is 0 Å². The smallest absolute Gasteiger partial charge is 0.245 e. The van der Waals surface area contributed by atoms with Crippen LogP contribution >= 0.6 is 0 Å². The van der Waals surface area contributed by atoms with Crippen LogP contribution in [0.1, 0.15) is 19.3 Å². The topological polar surface area (TPSA) is 108 Å².